The summed E-state index contributed by atoms with van der Waals surface area (Å²) in [7, 11) is 0. The van der Waals surface area contributed by atoms with Gasteiger partial charge in [-0.1, -0.05) is 35.3 Å². The Balaban J connectivity index is 1.55. The second-order valence-corrected chi connectivity index (χ2v) is 8.44. The zero-order valence-corrected chi connectivity index (χ0v) is 18.0. The van der Waals surface area contributed by atoms with Gasteiger partial charge < -0.3 is 9.52 Å². The fourth-order valence-corrected chi connectivity index (χ4v) is 4.24. The summed E-state index contributed by atoms with van der Waals surface area (Å²) >= 11 is 12.7. The van der Waals surface area contributed by atoms with E-state index >= 15 is 0 Å². The third kappa shape index (κ3) is 4.54. The van der Waals surface area contributed by atoms with Crippen LogP contribution in [-0.2, 0) is 11.3 Å². The number of carboxylic acids is 1. The highest BCUT2D eigenvalue weighted by molar-refractivity contribution is 8.18. The molecule has 3 aromatic rings. The standard InChI is InChI=1S/C22H13Cl2NO5S/c23-14-3-1-2-12(8-14)11-25-20(26)19(31-22(25)29)10-15-5-7-18(30-15)13-4-6-17(24)16(9-13)21(27)28/h1-10H,11H2,(H,27,28)/b19-10-. The van der Waals surface area contributed by atoms with Crippen LogP contribution in [0.1, 0.15) is 21.7 Å². The predicted octanol–water partition coefficient (Wildman–Crippen LogP) is 6.19. The number of imide groups is 1. The quantitative estimate of drug-likeness (QED) is 0.444. The average molecular weight is 474 g/mol. The van der Waals surface area contributed by atoms with Crippen LogP contribution in [0.25, 0.3) is 17.4 Å². The number of carbonyl (C=O) groups excluding carboxylic acids is 2. The van der Waals surface area contributed by atoms with Crippen molar-refractivity contribution in [1.29, 1.82) is 0 Å². The van der Waals surface area contributed by atoms with Crippen molar-refractivity contribution < 1.29 is 23.9 Å². The third-order valence-electron chi connectivity index (χ3n) is 4.48. The summed E-state index contributed by atoms with van der Waals surface area (Å²) in [6.45, 7) is 0.120. The molecule has 0 atom stereocenters. The summed E-state index contributed by atoms with van der Waals surface area (Å²) in [5.41, 5.74) is 1.23. The first-order valence-corrected chi connectivity index (χ1v) is 10.5. The van der Waals surface area contributed by atoms with Gasteiger partial charge in [0.25, 0.3) is 11.1 Å². The molecule has 1 aromatic heterocycles. The topological polar surface area (TPSA) is 87.8 Å². The van der Waals surface area contributed by atoms with Crippen LogP contribution in [0.3, 0.4) is 0 Å². The number of aromatic carboxylic acids is 1. The summed E-state index contributed by atoms with van der Waals surface area (Å²) in [5, 5.41) is 9.49. The van der Waals surface area contributed by atoms with E-state index in [0.717, 1.165) is 22.2 Å². The van der Waals surface area contributed by atoms with E-state index in [1.54, 1.807) is 42.5 Å². The minimum atomic E-state index is -1.15. The molecule has 6 nitrogen and oxygen atoms in total. The summed E-state index contributed by atoms with van der Waals surface area (Å²) in [6, 6.07) is 14.8. The van der Waals surface area contributed by atoms with Crippen LogP contribution in [-0.4, -0.2) is 27.1 Å². The van der Waals surface area contributed by atoms with Gasteiger partial charge >= 0.3 is 5.97 Å². The minimum Gasteiger partial charge on any atom is -0.478 e. The van der Waals surface area contributed by atoms with E-state index in [4.69, 9.17) is 27.6 Å². The molecular formula is C22H13Cl2NO5S. The van der Waals surface area contributed by atoms with E-state index in [1.807, 2.05) is 0 Å². The van der Waals surface area contributed by atoms with Crippen LogP contribution in [0.15, 0.2) is 63.9 Å². The van der Waals surface area contributed by atoms with Crippen molar-refractivity contribution in [2.75, 3.05) is 0 Å². The number of nitrogens with zero attached hydrogens (tertiary/aromatic N) is 1. The number of thioether (sulfide) groups is 1. The molecule has 1 fully saturated rings. The Labute approximate surface area is 191 Å². The molecule has 0 bridgehead atoms. The largest absolute Gasteiger partial charge is 0.478 e. The van der Waals surface area contributed by atoms with Crippen molar-refractivity contribution in [3.8, 4) is 11.3 Å². The summed E-state index contributed by atoms with van der Waals surface area (Å²) in [5.74, 6) is -0.807. The lowest BCUT2D eigenvalue weighted by Crippen LogP contribution is -2.27. The number of halogens is 2. The van der Waals surface area contributed by atoms with Crippen molar-refractivity contribution in [2.24, 2.45) is 0 Å². The van der Waals surface area contributed by atoms with Gasteiger partial charge in [0.1, 0.15) is 11.5 Å². The Bertz CT molecular complexity index is 1250. The molecule has 0 unspecified atom stereocenters. The van der Waals surface area contributed by atoms with Gasteiger partial charge in [0.15, 0.2) is 0 Å². The molecule has 0 aliphatic carbocycles. The second-order valence-electron chi connectivity index (χ2n) is 6.60. The van der Waals surface area contributed by atoms with Crippen molar-refractivity contribution >= 4 is 58.2 Å². The van der Waals surface area contributed by atoms with Crippen LogP contribution in [0.5, 0.6) is 0 Å². The number of benzene rings is 2. The molecule has 1 aliphatic heterocycles. The molecule has 2 amide bonds. The zero-order valence-electron chi connectivity index (χ0n) is 15.7. The van der Waals surface area contributed by atoms with Gasteiger partial charge in [0.05, 0.1) is 22.0 Å². The number of furan rings is 1. The van der Waals surface area contributed by atoms with Gasteiger partial charge in [-0.3, -0.25) is 14.5 Å². The van der Waals surface area contributed by atoms with E-state index in [0.29, 0.717) is 22.1 Å². The number of carbonyl (C=O) groups is 3. The molecule has 1 aliphatic rings. The lowest BCUT2D eigenvalue weighted by atomic mass is 10.1. The van der Waals surface area contributed by atoms with Crippen molar-refractivity contribution in [3.63, 3.8) is 0 Å². The number of rotatable bonds is 5. The smallest absolute Gasteiger partial charge is 0.337 e. The number of hydrogen-bond acceptors (Lipinski definition) is 5. The Morgan fingerprint density at radius 2 is 1.90 bits per heavy atom. The molecule has 0 spiro atoms. The van der Waals surface area contributed by atoms with Crippen molar-refractivity contribution in [3.05, 3.63) is 86.4 Å². The fraction of sp³-hybridized carbons (Fsp3) is 0.0455. The Morgan fingerprint density at radius 1 is 1.10 bits per heavy atom. The van der Waals surface area contributed by atoms with Gasteiger partial charge in [0, 0.05) is 16.7 Å². The third-order valence-corrected chi connectivity index (χ3v) is 5.96. The van der Waals surface area contributed by atoms with E-state index in [-0.39, 0.29) is 27.3 Å². The second kappa shape index (κ2) is 8.63. The fourth-order valence-electron chi connectivity index (χ4n) is 3.01. The van der Waals surface area contributed by atoms with Crippen molar-refractivity contribution in [1.82, 2.24) is 4.90 Å². The van der Waals surface area contributed by atoms with Crippen LogP contribution in [0, 0.1) is 0 Å². The summed E-state index contributed by atoms with van der Waals surface area (Å²) < 4.78 is 5.73. The normalized spacial score (nSPS) is 15.2. The van der Waals surface area contributed by atoms with E-state index in [1.165, 1.54) is 18.2 Å². The van der Waals surface area contributed by atoms with Gasteiger partial charge in [-0.2, -0.15) is 0 Å². The first kappa shape index (κ1) is 21.2. The number of amides is 2. The van der Waals surface area contributed by atoms with Crippen LogP contribution in [0.2, 0.25) is 10.0 Å². The van der Waals surface area contributed by atoms with Gasteiger partial charge in [0.2, 0.25) is 0 Å². The zero-order chi connectivity index (χ0) is 22.1. The highest BCUT2D eigenvalue weighted by Gasteiger charge is 2.35. The van der Waals surface area contributed by atoms with Crippen LogP contribution >= 0.6 is 35.0 Å². The van der Waals surface area contributed by atoms with E-state index < -0.39 is 11.9 Å². The minimum absolute atomic E-state index is 0.0424. The maximum absolute atomic E-state index is 12.7. The number of hydrogen-bond donors (Lipinski definition) is 1. The molecular weight excluding hydrogens is 461 g/mol. The van der Waals surface area contributed by atoms with Gasteiger partial charge in [-0.05, 0) is 59.8 Å². The first-order chi connectivity index (χ1) is 14.8. The average Bonchev–Trinajstić information content (AvgIpc) is 3.29. The molecule has 0 saturated carbocycles. The molecule has 2 heterocycles. The predicted molar refractivity (Wildman–Crippen MR) is 119 cm³/mol. The SMILES string of the molecule is O=C(O)c1cc(-c2ccc(/C=C3\SC(=O)N(Cc4cccc(Cl)c4)C3=O)o2)ccc1Cl. The van der Waals surface area contributed by atoms with E-state index in [2.05, 4.69) is 0 Å². The van der Waals surface area contributed by atoms with Crippen LogP contribution in [0.4, 0.5) is 4.79 Å². The van der Waals surface area contributed by atoms with E-state index in [9.17, 15) is 19.5 Å². The Kier molecular flexibility index (Phi) is 5.91. The first-order valence-electron chi connectivity index (χ1n) is 8.94. The maximum Gasteiger partial charge on any atom is 0.337 e. The molecule has 2 aromatic carbocycles. The molecule has 1 saturated heterocycles. The monoisotopic (exact) mass is 473 g/mol. The molecule has 31 heavy (non-hydrogen) atoms. The Morgan fingerprint density at radius 3 is 2.65 bits per heavy atom. The van der Waals surface area contributed by atoms with Crippen molar-refractivity contribution in [2.45, 2.75) is 6.54 Å². The summed E-state index contributed by atoms with van der Waals surface area (Å²) in [6.07, 6.45) is 1.49. The molecule has 0 radical (unpaired) electrons. The van der Waals surface area contributed by atoms with Crippen LogP contribution < -0.4 is 0 Å². The molecule has 1 N–H and O–H groups in total. The molecule has 156 valence electrons. The lowest BCUT2D eigenvalue weighted by molar-refractivity contribution is -0.123. The highest BCUT2D eigenvalue weighted by atomic mass is 35.5. The highest BCUT2D eigenvalue weighted by Crippen LogP contribution is 2.35. The number of carboxylic acid groups (broad SMARTS) is 1. The summed E-state index contributed by atoms with van der Waals surface area (Å²) in [4.78, 5) is 37.7. The molecule has 9 heteroatoms. The lowest BCUT2D eigenvalue weighted by Gasteiger charge is -2.12. The maximum atomic E-state index is 12.7. The Hall–Kier alpha value is -3.00. The van der Waals surface area contributed by atoms with Gasteiger partial charge in [-0.25, -0.2) is 4.79 Å². The molecule has 4 rings (SSSR count). The van der Waals surface area contributed by atoms with Gasteiger partial charge in [-0.15, -0.1) is 0 Å².